The largest absolute Gasteiger partial charge is 0.491 e. The second-order valence-electron chi connectivity index (χ2n) is 7.69. The van der Waals surface area contributed by atoms with Crippen LogP contribution in [0.5, 0.6) is 5.75 Å². The lowest BCUT2D eigenvalue weighted by Crippen LogP contribution is -2.31. The van der Waals surface area contributed by atoms with Crippen LogP contribution in [0.2, 0.25) is 0 Å². The number of amides is 2. The molecule has 1 saturated heterocycles. The zero-order chi connectivity index (χ0) is 22.1. The molecule has 166 valence electrons. The molecule has 3 rings (SSSR count). The first-order valence-electron chi connectivity index (χ1n) is 10.8. The van der Waals surface area contributed by atoms with E-state index in [4.69, 9.17) is 9.47 Å². The van der Waals surface area contributed by atoms with Crippen LogP contribution in [0, 0.1) is 0 Å². The number of carbonyl (C=O) groups excluding carboxylic acids is 2. The summed E-state index contributed by atoms with van der Waals surface area (Å²) in [6.07, 6.45) is 3.18. The van der Waals surface area contributed by atoms with Gasteiger partial charge >= 0.3 is 0 Å². The average molecular weight is 426 g/mol. The molecule has 0 bridgehead atoms. The predicted molar refractivity (Wildman–Crippen MR) is 122 cm³/mol. The maximum atomic E-state index is 12.3. The van der Waals surface area contributed by atoms with Crippen LogP contribution in [0.1, 0.15) is 43.5 Å². The summed E-state index contributed by atoms with van der Waals surface area (Å²) in [5.74, 6) is 0.437. The van der Waals surface area contributed by atoms with Gasteiger partial charge in [0.15, 0.2) is 0 Å². The summed E-state index contributed by atoms with van der Waals surface area (Å²) in [6.45, 7) is 5.48. The Balaban J connectivity index is 1.43. The number of carbonyl (C=O) groups is 2. The fraction of sp³-hybridized carbons (Fsp3) is 0.417. The second kappa shape index (κ2) is 11.4. The van der Waals surface area contributed by atoms with Crippen LogP contribution >= 0.6 is 0 Å². The lowest BCUT2D eigenvalue weighted by Gasteiger charge is -2.14. The van der Waals surface area contributed by atoms with Crippen molar-refractivity contribution in [2.45, 2.75) is 45.3 Å². The third-order valence-electron chi connectivity index (χ3n) is 5.14. The standard InChI is InChI=1S/C24H31N3O4/c1-3-17(2)31-21-7-4-6-20(14-21)27-23(28)16-25-19-11-9-18(10-12-19)24(29)26-15-22-8-5-13-30-22/h4,6-7,9-12,14,17,22,25H,3,5,8,13,15-16H2,1-2H3,(H,26,29)(H,27,28). The Morgan fingerprint density at radius 1 is 1.16 bits per heavy atom. The van der Waals surface area contributed by atoms with Gasteiger partial charge in [-0.1, -0.05) is 13.0 Å². The fourth-order valence-corrected chi connectivity index (χ4v) is 3.20. The lowest BCUT2D eigenvalue weighted by molar-refractivity contribution is -0.114. The van der Waals surface area contributed by atoms with E-state index in [0.717, 1.165) is 37.3 Å². The number of hydrogen-bond acceptors (Lipinski definition) is 5. The van der Waals surface area contributed by atoms with Gasteiger partial charge in [0.25, 0.3) is 5.91 Å². The number of nitrogens with one attached hydrogen (secondary N) is 3. The number of anilines is 2. The Kier molecular flexibility index (Phi) is 8.29. The summed E-state index contributed by atoms with van der Waals surface area (Å²) in [5.41, 5.74) is 2.02. The van der Waals surface area contributed by atoms with Crippen molar-refractivity contribution < 1.29 is 19.1 Å². The molecule has 7 heteroatoms. The van der Waals surface area contributed by atoms with Crippen molar-refractivity contribution >= 4 is 23.2 Å². The van der Waals surface area contributed by atoms with Gasteiger partial charge in [0, 0.05) is 36.2 Å². The molecule has 1 fully saturated rings. The highest BCUT2D eigenvalue weighted by molar-refractivity contribution is 5.95. The minimum absolute atomic E-state index is 0.112. The minimum atomic E-state index is -0.168. The highest BCUT2D eigenvalue weighted by Crippen LogP contribution is 2.19. The highest BCUT2D eigenvalue weighted by atomic mass is 16.5. The van der Waals surface area contributed by atoms with Gasteiger partial charge in [0.05, 0.1) is 18.8 Å². The topological polar surface area (TPSA) is 88.7 Å². The van der Waals surface area contributed by atoms with Crippen LogP contribution in [-0.2, 0) is 9.53 Å². The summed E-state index contributed by atoms with van der Waals surface area (Å²) in [6, 6.07) is 14.4. The summed E-state index contributed by atoms with van der Waals surface area (Å²) in [7, 11) is 0. The average Bonchev–Trinajstić information content (AvgIpc) is 3.30. The molecule has 2 aromatic rings. The molecule has 0 aliphatic carbocycles. The third-order valence-corrected chi connectivity index (χ3v) is 5.14. The van der Waals surface area contributed by atoms with Gasteiger partial charge in [-0.15, -0.1) is 0 Å². The molecule has 2 amide bonds. The molecule has 1 aliphatic rings. The zero-order valence-electron chi connectivity index (χ0n) is 18.1. The molecular weight excluding hydrogens is 394 g/mol. The number of rotatable bonds is 10. The SMILES string of the molecule is CCC(C)Oc1cccc(NC(=O)CNc2ccc(C(=O)NCC3CCCO3)cc2)c1. The van der Waals surface area contributed by atoms with Gasteiger partial charge in [-0.3, -0.25) is 9.59 Å². The van der Waals surface area contributed by atoms with Crippen molar-refractivity contribution in [1.29, 1.82) is 0 Å². The Labute approximate surface area is 183 Å². The fourth-order valence-electron chi connectivity index (χ4n) is 3.20. The third kappa shape index (κ3) is 7.29. The molecule has 2 aromatic carbocycles. The van der Waals surface area contributed by atoms with E-state index in [2.05, 4.69) is 22.9 Å². The van der Waals surface area contributed by atoms with Crippen molar-refractivity contribution in [3.8, 4) is 5.75 Å². The monoisotopic (exact) mass is 425 g/mol. The summed E-state index contributed by atoms with van der Waals surface area (Å²) in [4.78, 5) is 24.5. The van der Waals surface area contributed by atoms with Crippen molar-refractivity contribution in [2.24, 2.45) is 0 Å². The first-order chi connectivity index (χ1) is 15.0. The van der Waals surface area contributed by atoms with Gasteiger partial charge in [-0.05, 0) is 62.6 Å². The smallest absolute Gasteiger partial charge is 0.251 e. The van der Waals surface area contributed by atoms with Crippen LogP contribution in [0.15, 0.2) is 48.5 Å². The number of hydrogen-bond donors (Lipinski definition) is 3. The molecule has 2 unspecified atom stereocenters. The molecule has 0 aromatic heterocycles. The first-order valence-corrected chi connectivity index (χ1v) is 10.8. The molecule has 31 heavy (non-hydrogen) atoms. The molecule has 0 spiro atoms. The van der Waals surface area contributed by atoms with Crippen molar-refractivity contribution in [2.75, 3.05) is 30.3 Å². The lowest BCUT2D eigenvalue weighted by atomic mass is 10.2. The van der Waals surface area contributed by atoms with E-state index in [9.17, 15) is 9.59 Å². The molecule has 7 nitrogen and oxygen atoms in total. The molecule has 0 saturated carbocycles. The quantitative estimate of drug-likeness (QED) is 0.539. The molecule has 1 heterocycles. The van der Waals surface area contributed by atoms with Crippen LogP contribution in [0.3, 0.4) is 0 Å². The van der Waals surface area contributed by atoms with Crippen molar-refractivity contribution in [1.82, 2.24) is 5.32 Å². The van der Waals surface area contributed by atoms with Crippen molar-refractivity contribution in [3.05, 3.63) is 54.1 Å². The summed E-state index contributed by atoms with van der Waals surface area (Å²) in [5, 5.41) is 8.83. The number of ether oxygens (including phenoxy) is 2. The van der Waals surface area contributed by atoms with Gasteiger partial charge in [-0.2, -0.15) is 0 Å². The second-order valence-corrected chi connectivity index (χ2v) is 7.69. The van der Waals surface area contributed by atoms with Gasteiger partial charge < -0.3 is 25.4 Å². The van der Waals surface area contributed by atoms with E-state index < -0.39 is 0 Å². The Morgan fingerprint density at radius 3 is 2.68 bits per heavy atom. The van der Waals surface area contributed by atoms with Crippen LogP contribution in [-0.4, -0.2) is 43.7 Å². The van der Waals surface area contributed by atoms with Gasteiger partial charge in [0.2, 0.25) is 5.91 Å². The zero-order valence-corrected chi connectivity index (χ0v) is 18.1. The van der Waals surface area contributed by atoms with E-state index in [0.29, 0.717) is 17.8 Å². The van der Waals surface area contributed by atoms with E-state index >= 15 is 0 Å². The predicted octanol–water partition coefficient (Wildman–Crippen LogP) is 3.82. The van der Waals surface area contributed by atoms with E-state index in [1.54, 1.807) is 24.3 Å². The molecular formula is C24H31N3O4. The molecule has 1 aliphatic heterocycles. The van der Waals surface area contributed by atoms with Crippen LogP contribution < -0.4 is 20.7 Å². The van der Waals surface area contributed by atoms with Gasteiger partial charge in [0.1, 0.15) is 5.75 Å². The van der Waals surface area contributed by atoms with Gasteiger partial charge in [-0.25, -0.2) is 0 Å². The molecule has 0 radical (unpaired) electrons. The highest BCUT2D eigenvalue weighted by Gasteiger charge is 2.16. The summed E-state index contributed by atoms with van der Waals surface area (Å²) >= 11 is 0. The summed E-state index contributed by atoms with van der Waals surface area (Å²) < 4.78 is 11.3. The van der Waals surface area contributed by atoms with Crippen molar-refractivity contribution in [3.63, 3.8) is 0 Å². The van der Waals surface area contributed by atoms with Crippen LogP contribution in [0.4, 0.5) is 11.4 Å². The van der Waals surface area contributed by atoms with Crippen LogP contribution in [0.25, 0.3) is 0 Å². The maximum absolute atomic E-state index is 12.3. The Hall–Kier alpha value is -3.06. The maximum Gasteiger partial charge on any atom is 0.251 e. The Morgan fingerprint density at radius 2 is 1.97 bits per heavy atom. The number of benzene rings is 2. The first kappa shape index (κ1) is 22.6. The molecule has 3 N–H and O–H groups in total. The molecule has 2 atom stereocenters. The minimum Gasteiger partial charge on any atom is -0.491 e. The van der Waals surface area contributed by atoms with E-state index in [1.165, 1.54) is 0 Å². The van der Waals surface area contributed by atoms with E-state index in [1.807, 2.05) is 31.2 Å². The normalized spacial score (nSPS) is 16.4. The van der Waals surface area contributed by atoms with E-state index in [-0.39, 0.29) is 30.6 Å². The Bertz CT molecular complexity index is 863.